The second-order valence-electron chi connectivity index (χ2n) is 2.57. The van der Waals surface area contributed by atoms with Gasteiger partial charge in [-0.2, -0.15) is 13.7 Å². The fraction of sp³-hybridized carbons (Fsp3) is 0.125. The van der Waals surface area contributed by atoms with E-state index in [1.165, 1.54) is 12.1 Å². The van der Waals surface area contributed by atoms with Gasteiger partial charge in [0.1, 0.15) is 4.90 Å². The smallest absolute Gasteiger partial charge is 0.251 e. The number of hydrogen-bond acceptors (Lipinski definition) is 4. The van der Waals surface area contributed by atoms with Crippen molar-refractivity contribution in [2.75, 3.05) is 6.61 Å². The zero-order valence-corrected chi connectivity index (χ0v) is 10.7. The van der Waals surface area contributed by atoms with E-state index in [4.69, 9.17) is 40.1 Å². The SMILES string of the molecule is N#CCOS(=O)(=O)c1cc(Cl)c(Cl)cc1Cl. The van der Waals surface area contributed by atoms with Gasteiger partial charge in [0.2, 0.25) is 0 Å². The van der Waals surface area contributed by atoms with Gasteiger partial charge in [0.25, 0.3) is 10.1 Å². The zero-order valence-electron chi connectivity index (χ0n) is 7.58. The lowest BCUT2D eigenvalue weighted by Gasteiger charge is -2.06. The van der Waals surface area contributed by atoms with Crippen LogP contribution in [0.1, 0.15) is 0 Å². The van der Waals surface area contributed by atoms with Crippen LogP contribution in [0.2, 0.25) is 15.1 Å². The Labute approximate surface area is 107 Å². The van der Waals surface area contributed by atoms with Crippen molar-refractivity contribution in [1.82, 2.24) is 0 Å². The van der Waals surface area contributed by atoms with E-state index >= 15 is 0 Å². The Balaban J connectivity index is 3.24. The number of nitriles is 1. The van der Waals surface area contributed by atoms with Crippen LogP contribution in [-0.2, 0) is 14.3 Å². The van der Waals surface area contributed by atoms with E-state index in [-0.39, 0.29) is 20.0 Å². The third-order valence-corrected chi connectivity index (χ3v) is 3.97. The molecule has 8 heteroatoms. The molecule has 1 aromatic carbocycles. The van der Waals surface area contributed by atoms with Crippen LogP contribution in [0.4, 0.5) is 0 Å². The van der Waals surface area contributed by atoms with Crippen molar-refractivity contribution in [2.45, 2.75) is 4.90 Å². The minimum Gasteiger partial charge on any atom is -0.251 e. The summed E-state index contributed by atoms with van der Waals surface area (Å²) in [5.41, 5.74) is 0. The molecule has 0 aliphatic rings. The van der Waals surface area contributed by atoms with Gasteiger partial charge in [0, 0.05) is 0 Å². The van der Waals surface area contributed by atoms with Crippen molar-refractivity contribution >= 4 is 44.9 Å². The molecular weight excluding hydrogens is 297 g/mol. The first-order valence-electron chi connectivity index (χ1n) is 3.79. The van der Waals surface area contributed by atoms with E-state index in [1.807, 2.05) is 0 Å². The lowest BCUT2D eigenvalue weighted by Crippen LogP contribution is -2.07. The van der Waals surface area contributed by atoms with Crippen LogP contribution in [0.3, 0.4) is 0 Å². The van der Waals surface area contributed by atoms with Gasteiger partial charge in [-0.25, -0.2) is 0 Å². The summed E-state index contributed by atoms with van der Waals surface area (Å²) in [4.78, 5) is -0.321. The molecule has 4 nitrogen and oxygen atoms in total. The molecule has 0 unspecified atom stereocenters. The van der Waals surface area contributed by atoms with Gasteiger partial charge in [-0.1, -0.05) is 34.8 Å². The Hall–Kier alpha value is -0.510. The topological polar surface area (TPSA) is 67.2 Å². The molecule has 0 aromatic heterocycles. The number of rotatable bonds is 3. The van der Waals surface area contributed by atoms with Crippen LogP contribution in [0.15, 0.2) is 17.0 Å². The Morgan fingerprint density at radius 3 is 2.31 bits per heavy atom. The fourth-order valence-corrected chi connectivity index (χ4v) is 2.65. The molecule has 1 rings (SSSR count). The highest BCUT2D eigenvalue weighted by atomic mass is 35.5. The first-order valence-corrected chi connectivity index (χ1v) is 6.33. The van der Waals surface area contributed by atoms with Crippen molar-refractivity contribution < 1.29 is 12.6 Å². The second kappa shape index (κ2) is 5.21. The Morgan fingerprint density at radius 2 is 1.75 bits per heavy atom. The molecule has 0 saturated carbocycles. The van der Waals surface area contributed by atoms with Gasteiger partial charge in [-0.05, 0) is 12.1 Å². The van der Waals surface area contributed by atoms with E-state index in [2.05, 4.69) is 4.18 Å². The summed E-state index contributed by atoms with van der Waals surface area (Å²) in [5.74, 6) is 0. The maximum Gasteiger partial charge on any atom is 0.299 e. The largest absolute Gasteiger partial charge is 0.299 e. The molecule has 0 saturated heterocycles. The highest BCUT2D eigenvalue weighted by Crippen LogP contribution is 2.32. The molecule has 1 aromatic rings. The van der Waals surface area contributed by atoms with E-state index in [9.17, 15) is 8.42 Å². The molecule has 0 heterocycles. The molecule has 86 valence electrons. The monoisotopic (exact) mass is 299 g/mol. The first-order chi connectivity index (χ1) is 7.38. The van der Waals surface area contributed by atoms with E-state index in [0.29, 0.717) is 0 Å². The van der Waals surface area contributed by atoms with Crippen LogP contribution in [-0.4, -0.2) is 15.0 Å². The van der Waals surface area contributed by atoms with Crippen molar-refractivity contribution in [3.05, 3.63) is 27.2 Å². The lowest BCUT2D eigenvalue weighted by atomic mass is 10.4. The molecule has 0 atom stereocenters. The molecule has 0 N–H and O–H groups in total. The number of nitrogens with zero attached hydrogens (tertiary/aromatic N) is 1. The third-order valence-electron chi connectivity index (χ3n) is 1.52. The molecule has 0 fully saturated rings. The quantitative estimate of drug-likeness (QED) is 0.636. The number of hydrogen-bond donors (Lipinski definition) is 0. The summed E-state index contributed by atoms with van der Waals surface area (Å²) in [6.45, 7) is -0.598. The predicted molar refractivity (Wildman–Crippen MR) is 60.2 cm³/mol. The van der Waals surface area contributed by atoms with E-state index < -0.39 is 16.7 Å². The molecule has 0 amide bonds. The maximum absolute atomic E-state index is 11.5. The van der Waals surface area contributed by atoms with Gasteiger partial charge in [0.15, 0.2) is 6.61 Å². The third kappa shape index (κ3) is 3.00. The van der Waals surface area contributed by atoms with Crippen molar-refractivity contribution in [2.24, 2.45) is 0 Å². The molecular formula is C8H4Cl3NO3S. The molecule has 0 aliphatic carbocycles. The number of halogens is 3. The molecule has 0 bridgehead atoms. The Morgan fingerprint density at radius 1 is 1.19 bits per heavy atom. The summed E-state index contributed by atoms with van der Waals surface area (Å²) < 4.78 is 27.4. The van der Waals surface area contributed by atoms with Crippen LogP contribution in [0.5, 0.6) is 0 Å². The average molecular weight is 301 g/mol. The van der Waals surface area contributed by atoms with E-state index in [0.717, 1.165) is 6.07 Å². The summed E-state index contributed by atoms with van der Waals surface area (Å²) >= 11 is 17.0. The van der Waals surface area contributed by atoms with Crippen molar-refractivity contribution in [3.8, 4) is 6.07 Å². The fourth-order valence-electron chi connectivity index (χ4n) is 0.863. The van der Waals surface area contributed by atoms with Gasteiger partial charge >= 0.3 is 0 Å². The van der Waals surface area contributed by atoms with Crippen molar-refractivity contribution in [3.63, 3.8) is 0 Å². The summed E-state index contributed by atoms with van der Waals surface area (Å²) in [5, 5.41) is 8.27. The van der Waals surface area contributed by atoms with Gasteiger partial charge < -0.3 is 0 Å². The minimum atomic E-state index is -4.09. The maximum atomic E-state index is 11.5. The van der Waals surface area contributed by atoms with Gasteiger partial charge in [0.05, 0.1) is 21.1 Å². The first kappa shape index (κ1) is 13.6. The van der Waals surface area contributed by atoms with Crippen LogP contribution >= 0.6 is 34.8 Å². The molecule has 0 radical (unpaired) electrons. The van der Waals surface area contributed by atoms with Crippen LogP contribution in [0.25, 0.3) is 0 Å². The van der Waals surface area contributed by atoms with Crippen LogP contribution in [0, 0.1) is 11.3 Å². The van der Waals surface area contributed by atoms with Crippen LogP contribution < -0.4 is 0 Å². The van der Waals surface area contributed by atoms with Gasteiger partial charge in [-0.15, -0.1) is 0 Å². The molecule has 0 aliphatic heterocycles. The second-order valence-corrected chi connectivity index (χ2v) is 5.38. The summed E-state index contributed by atoms with van der Waals surface area (Å²) in [7, 11) is -4.09. The lowest BCUT2D eigenvalue weighted by molar-refractivity contribution is 0.361. The minimum absolute atomic E-state index is 0.0326. The average Bonchev–Trinajstić information content (AvgIpc) is 2.20. The van der Waals surface area contributed by atoms with E-state index in [1.54, 1.807) is 0 Å². The highest BCUT2D eigenvalue weighted by molar-refractivity contribution is 7.86. The Bertz CT molecular complexity index is 550. The predicted octanol–water partition coefficient (Wildman–Crippen LogP) is 2.88. The zero-order chi connectivity index (χ0) is 12.3. The summed E-state index contributed by atoms with van der Waals surface area (Å²) in [6, 6.07) is 3.79. The molecule has 0 spiro atoms. The normalized spacial score (nSPS) is 11.1. The highest BCUT2D eigenvalue weighted by Gasteiger charge is 2.20. The summed E-state index contributed by atoms with van der Waals surface area (Å²) in [6.07, 6.45) is 0. The van der Waals surface area contributed by atoms with Crippen molar-refractivity contribution in [1.29, 1.82) is 5.26 Å². The molecule has 16 heavy (non-hydrogen) atoms. The number of benzene rings is 1. The standard InChI is InChI=1S/C8H4Cl3NO3S/c9-5-3-7(11)8(4-6(5)10)16(13,14)15-2-1-12/h3-4H,2H2. The van der Waals surface area contributed by atoms with Gasteiger partial charge in [-0.3, -0.25) is 4.18 Å². The Kier molecular flexibility index (Phi) is 4.42.